The van der Waals surface area contributed by atoms with Gasteiger partial charge in [0.25, 0.3) is 5.91 Å². The average Bonchev–Trinajstić information content (AvgIpc) is 2.96. The molecule has 1 N–H and O–H groups in total. The number of sulfonamides is 1. The summed E-state index contributed by atoms with van der Waals surface area (Å²) in [5.74, 6) is -0.746. The first-order valence-corrected chi connectivity index (χ1v) is 7.54. The molecule has 0 bridgehead atoms. The van der Waals surface area contributed by atoms with E-state index < -0.39 is 21.2 Å². The Bertz CT molecular complexity index is 574. The maximum Gasteiger partial charge on any atom is 0.287 e. The van der Waals surface area contributed by atoms with Crippen molar-refractivity contribution in [3.05, 3.63) is 11.4 Å². The molecule has 9 heteroatoms. The second-order valence-electron chi connectivity index (χ2n) is 4.28. The van der Waals surface area contributed by atoms with Crippen molar-refractivity contribution in [3.8, 4) is 0 Å². The number of hydrogen-bond donors (Lipinski definition) is 1. The number of ether oxygens (including phenoxy) is 1. The third kappa shape index (κ3) is 2.92. The summed E-state index contributed by atoms with van der Waals surface area (Å²) < 4.78 is 30.9. The van der Waals surface area contributed by atoms with Gasteiger partial charge in [0.05, 0.1) is 18.8 Å². The molecule has 1 aliphatic heterocycles. The number of hydrogen-bond acceptors (Lipinski definition) is 6. The smallest absolute Gasteiger partial charge is 0.287 e. The van der Waals surface area contributed by atoms with E-state index in [1.165, 1.54) is 4.80 Å². The largest absolute Gasteiger partial charge is 0.380 e. The van der Waals surface area contributed by atoms with Crippen LogP contribution in [0.3, 0.4) is 0 Å². The Labute approximate surface area is 111 Å². The van der Waals surface area contributed by atoms with Crippen molar-refractivity contribution in [2.45, 2.75) is 32.1 Å². The molecule has 19 heavy (non-hydrogen) atoms. The second kappa shape index (κ2) is 5.25. The molecule has 2 heterocycles. The first kappa shape index (κ1) is 13.9. The summed E-state index contributed by atoms with van der Waals surface area (Å²) in [5, 5.41) is 7.26. The van der Waals surface area contributed by atoms with Crippen molar-refractivity contribution in [3.63, 3.8) is 0 Å². The number of rotatable bonds is 4. The van der Waals surface area contributed by atoms with Crippen LogP contribution >= 0.6 is 0 Å². The standard InChI is InChI=1S/C10H16N4O4S/c1-3-14-11-7(2)9(12-14)10(15)13-19(16,17)8-4-5-18-6-8/h8H,3-6H2,1-2H3,(H,13,15). The Hall–Kier alpha value is -1.48. The predicted octanol–water partition coefficient (Wildman–Crippen LogP) is -0.545. The Kier molecular flexibility index (Phi) is 3.85. The Morgan fingerprint density at radius 1 is 1.53 bits per heavy atom. The van der Waals surface area contributed by atoms with Crippen molar-refractivity contribution in [1.29, 1.82) is 0 Å². The second-order valence-corrected chi connectivity index (χ2v) is 6.25. The minimum atomic E-state index is -3.72. The van der Waals surface area contributed by atoms with Gasteiger partial charge in [0.2, 0.25) is 10.0 Å². The quantitative estimate of drug-likeness (QED) is 0.797. The lowest BCUT2D eigenvalue weighted by Crippen LogP contribution is -2.39. The summed E-state index contributed by atoms with van der Waals surface area (Å²) in [7, 11) is -3.72. The number of carbonyl (C=O) groups excluding carboxylic acids is 1. The fraction of sp³-hybridized carbons (Fsp3) is 0.700. The van der Waals surface area contributed by atoms with Crippen LogP contribution in [0.1, 0.15) is 29.5 Å². The first-order valence-electron chi connectivity index (χ1n) is 5.99. The highest BCUT2D eigenvalue weighted by Gasteiger charge is 2.32. The Morgan fingerprint density at radius 3 is 2.79 bits per heavy atom. The van der Waals surface area contributed by atoms with Crippen LogP contribution in [-0.2, 0) is 21.3 Å². The zero-order chi connectivity index (χ0) is 14.0. The molecule has 1 aromatic heterocycles. The van der Waals surface area contributed by atoms with E-state index in [0.29, 0.717) is 25.3 Å². The van der Waals surface area contributed by atoms with Gasteiger partial charge in [-0.1, -0.05) is 0 Å². The van der Waals surface area contributed by atoms with Gasteiger partial charge in [-0.05, 0) is 20.3 Å². The van der Waals surface area contributed by atoms with Crippen LogP contribution in [0.2, 0.25) is 0 Å². The number of nitrogens with one attached hydrogen (secondary N) is 1. The number of carbonyl (C=O) groups is 1. The molecule has 1 aliphatic rings. The Balaban J connectivity index is 2.14. The zero-order valence-electron chi connectivity index (χ0n) is 10.8. The molecule has 0 radical (unpaired) electrons. The number of amides is 1. The lowest BCUT2D eigenvalue weighted by Gasteiger charge is -2.10. The number of aryl methyl sites for hydroxylation is 2. The molecule has 1 atom stereocenters. The first-order chi connectivity index (χ1) is 8.94. The molecular formula is C10H16N4O4S. The molecule has 0 saturated carbocycles. The molecule has 8 nitrogen and oxygen atoms in total. The van der Waals surface area contributed by atoms with Crippen LogP contribution < -0.4 is 4.72 Å². The van der Waals surface area contributed by atoms with E-state index in [4.69, 9.17) is 4.74 Å². The van der Waals surface area contributed by atoms with Gasteiger partial charge in [-0.15, -0.1) is 5.10 Å². The molecule has 1 amide bonds. The van der Waals surface area contributed by atoms with Crippen LogP contribution in [0.5, 0.6) is 0 Å². The lowest BCUT2D eigenvalue weighted by molar-refractivity contribution is 0.0974. The van der Waals surface area contributed by atoms with E-state index in [9.17, 15) is 13.2 Å². The highest BCUT2D eigenvalue weighted by atomic mass is 32.2. The van der Waals surface area contributed by atoms with Gasteiger partial charge < -0.3 is 4.74 Å². The fourth-order valence-corrected chi connectivity index (χ4v) is 3.00. The van der Waals surface area contributed by atoms with Gasteiger partial charge in [0, 0.05) is 6.61 Å². The predicted molar refractivity (Wildman–Crippen MR) is 66.0 cm³/mol. The molecular weight excluding hydrogens is 272 g/mol. The topological polar surface area (TPSA) is 103 Å². The molecule has 2 rings (SSSR count). The maximum absolute atomic E-state index is 11.9. The summed E-state index contributed by atoms with van der Waals surface area (Å²) in [4.78, 5) is 13.3. The van der Waals surface area contributed by atoms with Gasteiger partial charge in [0.15, 0.2) is 5.69 Å². The Morgan fingerprint density at radius 2 is 2.26 bits per heavy atom. The van der Waals surface area contributed by atoms with Crippen molar-refractivity contribution in [2.24, 2.45) is 0 Å². The van der Waals surface area contributed by atoms with Gasteiger partial charge in [0.1, 0.15) is 5.25 Å². The summed E-state index contributed by atoms with van der Waals surface area (Å²) >= 11 is 0. The normalized spacial score (nSPS) is 19.6. The van der Waals surface area contributed by atoms with Crippen molar-refractivity contribution in [1.82, 2.24) is 19.7 Å². The minimum absolute atomic E-state index is 0.0318. The zero-order valence-corrected chi connectivity index (χ0v) is 11.6. The van der Waals surface area contributed by atoms with Crippen LogP contribution in [0.4, 0.5) is 0 Å². The molecule has 1 aromatic rings. The van der Waals surface area contributed by atoms with Crippen molar-refractivity contribution in [2.75, 3.05) is 13.2 Å². The summed E-state index contributed by atoms with van der Waals surface area (Å²) in [6, 6.07) is 0. The molecule has 1 fully saturated rings. The van der Waals surface area contributed by atoms with Crippen LogP contribution in [-0.4, -0.2) is 47.8 Å². The highest BCUT2D eigenvalue weighted by Crippen LogP contribution is 2.13. The van der Waals surface area contributed by atoms with E-state index >= 15 is 0 Å². The van der Waals surface area contributed by atoms with E-state index in [2.05, 4.69) is 10.2 Å². The van der Waals surface area contributed by atoms with Gasteiger partial charge in [-0.3, -0.25) is 4.79 Å². The van der Waals surface area contributed by atoms with Crippen molar-refractivity contribution >= 4 is 15.9 Å². The molecule has 1 unspecified atom stereocenters. The van der Waals surface area contributed by atoms with E-state index in [0.717, 1.165) is 0 Å². The summed E-state index contributed by atoms with van der Waals surface area (Å²) in [5.41, 5.74) is 0.432. The third-order valence-corrected chi connectivity index (χ3v) is 4.60. The molecule has 0 spiro atoms. The van der Waals surface area contributed by atoms with Crippen LogP contribution in [0.15, 0.2) is 0 Å². The van der Waals surface area contributed by atoms with E-state index in [1.54, 1.807) is 6.92 Å². The highest BCUT2D eigenvalue weighted by molar-refractivity contribution is 7.90. The van der Waals surface area contributed by atoms with E-state index in [1.807, 2.05) is 11.6 Å². The van der Waals surface area contributed by atoms with Gasteiger partial charge in [-0.25, -0.2) is 13.1 Å². The average molecular weight is 288 g/mol. The van der Waals surface area contributed by atoms with Crippen LogP contribution in [0, 0.1) is 6.92 Å². The molecule has 1 saturated heterocycles. The fourth-order valence-electron chi connectivity index (χ4n) is 1.80. The monoisotopic (exact) mass is 288 g/mol. The summed E-state index contributed by atoms with van der Waals surface area (Å²) in [6.07, 6.45) is 0.392. The SMILES string of the molecule is CCn1nc(C)c(C(=O)NS(=O)(=O)C2CCOC2)n1. The summed E-state index contributed by atoms with van der Waals surface area (Å²) in [6.45, 7) is 4.46. The number of nitrogens with zero attached hydrogens (tertiary/aromatic N) is 3. The third-order valence-electron chi connectivity index (χ3n) is 2.88. The van der Waals surface area contributed by atoms with Gasteiger partial charge >= 0.3 is 0 Å². The van der Waals surface area contributed by atoms with E-state index in [-0.39, 0.29) is 12.3 Å². The van der Waals surface area contributed by atoms with Crippen LogP contribution in [0.25, 0.3) is 0 Å². The molecule has 0 aromatic carbocycles. The number of aromatic nitrogens is 3. The molecule has 0 aliphatic carbocycles. The van der Waals surface area contributed by atoms with Crippen molar-refractivity contribution < 1.29 is 17.9 Å². The molecule has 106 valence electrons. The maximum atomic E-state index is 11.9. The lowest BCUT2D eigenvalue weighted by atomic mass is 10.3. The minimum Gasteiger partial charge on any atom is -0.380 e. The van der Waals surface area contributed by atoms with Gasteiger partial charge in [-0.2, -0.15) is 9.90 Å².